The molecule has 1 aliphatic rings. The van der Waals surface area contributed by atoms with Gasteiger partial charge in [-0.2, -0.15) is 0 Å². The topological polar surface area (TPSA) is 0 Å². The third-order valence-corrected chi connectivity index (χ3v) is 3.17. The molecule has 0 atom stereocenters. The molecule has 16 heavy (non-hydrogen) atoms. The minimum Gasteiger partial charge on any atom is -0.0716 e. The second kappa shape index (κ2) is 3.64. The molecule has 0 unspecified atom stereocenters. The molecule has 2 aromatic carbocycles. The summed E-state index contributed by atoms with van der Waals surface area (Å²) < 4.78 is 0. The van der Waals surface area contributed by atoms with Crippen LogP contribution in [0.1, 0.15) is 22.3 Å². The van der Waals surface area contributed by atoms with E-state index in [4.69, 9.17) is 0 Å². The van der Waals surface area contributed by atoms with E-state index in [1.165, 1.54) is 27.8 Å². The maximum Gasteiger partial charge on any atom is -0.00819 e. The van der Waals surface area contributed by atoms with Gasteiger partial charge < -0.3 is 0 Å². The number of benzene rings is 2. The first-order valence-electron chi connectivity index (χ1n) is 5.70. The Hall–Kier alpha value is -1.82. The van der Waals surface area contributed by atoms with Crippen LogP contribution in [-0.4, -0.2) is 0 Å². The monoisotopic (exact) mass is 206 g/mol. The highest BCUT2D eigenvalue weighted by Gasteiger charge is 2.14. The van der Waals surface area contributed by atoms with Gasteiger partial charge in [0.05, 0.1) is 0 Å². The highest BCUT2D eigenvalue weighted by molar-refractivity contribution is 5.84. The van der Waals surface area contributed by atoms with Gasteiger partial charge in [0.2, 0.25) is 0 Å². The molecule has 0 heterocycles. The van der Waals surface area contributed by atoms with Crippen LogP contribution in [0.25, 0.3) is 5.57 Å². The SMILES string of the molecule is Cc1ccc2c(c1)C(c1ccccc1)=CC2. The van der Waals surface area contributed by atoms with Gasteiger partial charge >= 0.3 is 0 Å². The first-order chi connectivity index (χ1) is 7.84. The molecule has 2 aromatic rings. The molecule has 0 aromatic heterocycles. The summed E-state index contributed by atoms with van der Waals surface area (Å²) in [4.78, 5) is 0. The molecule has 0 spiro atoms. The molecule has 0 nitrogen and oxygen atoms in total. The Bertz CT molecular complexity index is 548. The molecular weight excluding hydrogens is 192 g/mol. The predicted octanol–water partition coefficient (Wildman–Crippen LogP) is 3.98. The largest absolute Gasteiger partial charge is 0.0716 e. The first kappa shape index (κ1) is 9.41. The maximum absolute atomic E-state index is 2.33. The molecule has 0 N–H and O–H groups in total. The van der Waals surface area contributed by atoms with E-state index in [-0.39, 0.29) is 0 Å². The molecule has 0 heteroatoms. The fourth-order valence-corrected chi connectivity index (χ4v) is 2.33. The average Bonchev–Trinajstić information content (AvgIpc) is 2.73. The van der Waals surface area contributed by atoms with E-state index >= 15 is 0 Å². The highest BCUT2D eigenvalue weighted by Crippen LogP contribution is 2.32. The van der Waals surface area contributed by atoms with E-state index in [2.05, 4.69) is 61.5 Å². The Morgan fingerprint density at radius 2 is 1.75 bits per heavy atom. The van der Waals surface area contributed by atoms with E-state index in [1.54, 1.807) is 0 Å². The lowest BCUT2D eigenvalue weighted by atomic mass is 9.98. The van der Waals surface area contributed by atoms with Crippen molar-refractivity contribution >= 4 is 5.57 Å². The van der Waals surface area contributed by atoms with Crippen LogP contribution in [-0.2, 0) is 6.42 Å². The normalized spacial score (nSPS) is 13.4. The van der Waals surface area contributed by atoms with Gasteiger partial charge in [0.15, 0.2) is 0 Å². The molecule has 1 aliphatic carbocycles. The molecule has 0 aliphatic heterocycles. The Balaban J connectivity index is 2.12. The van der Waals surface area contributed by atoms with E-state index < -0.39 is 0 Å². The minimum atomic E-state index is 1.07. The summed E-state index contributed by atoms with van der Waals surface area (Å²) in [5, 5.41) is 0. The first-order valence-corrected chi connectivity index (χ1v) is 5.70. The van der Waals surface area contributed by atoms with Crippen LogP contribution >= 0.6 is 0 Å². The van der Waals surface area contributed by atoms with Crippen molar-refractivity contribution < 1.29 is 0 Å². The summed E-state index contributed by atoms with van der Waals surface area (Å²) in [6, 6.07) is 17.4. The lowest BCUT2D eigenvalue weighted by Gasteiger charge is -2.07. The molecule has 0 fully saturated rings. The zero-order valence-corrected chi connectivity index (χ0v) is 9.40. The highest BCUT2D eigenvalue weighted by atomic mass is 14.2. The molecule has 3 rings (SSSR count). The fourth-order valence-electron chi connectivity index (χ4n) is 2.33. The number of aryl methyl sites for hydroxylation is 1. The Kier molecular flexibility index (Phi) is 2.14. The van der Waals surface area contributed by atoms with E-state index in [1.807, 2.05) is 0 Å². The van der Waals surface area contributed by atoms with Gasteiger partial charge in [-0.3, -0.25) is 0 Å². The summed E-state index contributed by atoms with van der Waals surface area (Å²) >= 11 is 0. The van der Waals surface area contributed by atoms with Crippen molar-refractivity contribution in [1.29, 1.82) is 0 Å². The van der Waals surface area contributed by atoms with Crippen LogP contribution in [0.3, 0.4) is 0 Å². The van der Waals surface area contributed by atoms with Crippen LogP contribution in [0.15, 0.2) is 54.6 Å². The lowest BCUT2D eigenvalue weighted by Crippen LogP contribution is -1.87. The Morgan fingerprint density at radius 3 is 2.56 bits per heavy atom. The van der Waals surface area contributed by atoms with Gasteiger partial charge in [-0.25, -0.2) is 0 Å². The lowest BCUT2D eigenvalue weighted by molar-refractivity contribution is 1.29. The maximum atomic E-state index is 2.33. The Labute approximate surface area is 96.3 Å². The van der Waals surface area contributed by atoms with Crippen molar-refractivity contribution in [2.45, 2.75) is 13.3 Å². The summed E-state index contributed by atoms with van der Waals surface area (Å²) in [5.41, 5.74) is 6.91. The summed E-state index contributed by atoms with van der Waals surface area (Å²) in [6.07, 6.45) is 3.40. The van der Waals surface area contributed by atoms with Crippen LogP contribution in [0.2, 0.25) is 0 Å². The van der Waals surface area contributed by atoms with Crippen molar-refractivity contribution in [2.75, 3.05) is 0 Å². The summed E-state index contributed by atoms with van der Waals surface area (Å²) in [7, 11) is 0. The zero-order chi connectivity index (χ0) is 11.0. The van der Waals surface area contributed by atoms with Crippen molar-refractivity contribution in [3.05, 3.63) is 76.9 Å². The quantitative estimate of drug-likeness (QED) is 0.662. The van der Waals surface area contributed by atoms with Gasteiger partial charge in [-0.05, 0) is 35.6 Å². The van der Waals surface area contributed by atoms with Crippen molar-refractivity contribution in [3.8, 4) is 0 Å². The van der Waals surface area contributed by atoms with Crippen molar-refractivity contribution in [1.82, 2.24) is 0 Å². The summed E-state index contributed by atoms with van der Waals surface area (Å²) in [6.45, 7) is 2.15. The van der Waals surface area contributed by atoms with E-state index in [9.17, 15) is 0 Å². The van der Waals surface area contributed by atoms with Gasteiger partial charge in [0.25, 0.3) is 0 Å². The molecule has 78 valence electrons. The molecule has 0 saturated carbocycles. The third kappa shape index (κ3) is 1.47. The zero-order valence-electron chi connectivity index (χ0n) is 9.40. The molecule has 0 saturated heterocycles. The molecule has 0 bridgehead atoms. The van der Waals surface area contributed by atoms with Gasteiger partial charge in [0.1, 0.15) is 0 Å². The number of fused-ring (bicyclic) bond motifs is 1. The summed E-state index contributed by atoms with van der Waals surface area (Å²) in [5.74, 6) is 0. The number of hydrogen-bond acceptors (Lipinski definition) is 0. The van der Waals surface area contributed by atoms with Crippen molar-refractivity contribution in [3.63, 3.8) is 0 Å². The molecule has 0 radical (unpaired) electrons. The van der Waals surface area contributed by atoms with Crippen molar-refractivity contribution in [2.24, 2.45) is 0 Å². The van der Waals surface area contributed by atoms with E-state index in [0.29, 0.717) is 0 Å². The minimum absolute atomic E-state index is 1.07. The van der Waals surface area contributed by atoms with Gasteiger partial charge in [-0.1, -0.05) is 60.2 Å². The van der Waals surface area contributed by atoms with E-state index in [0.717, 1.165) is 6.42 Å². The number of hydrogen-bond donors (Lipinski definition) is 0. The van der Waals surface area contributed by atoms with Crippen LogP contribution in [0, 0.1) is 6.92 Å². The smallest absolute Gasteiger partial charge is 0.00819 e. The molecule has 0 amide bonds. The van der Waals surface area contributed by atoms with Crippen LogP contribution < -0.4 is 0 Å². The number of allylic oxidation sites excluding steroid dienone is 1. The van der Waals surface area contributed by atoms with Crippen LogP contribution in [0.5, 0.6) is 0 Å². The van der Waals surface area contributed by atoms with Gasteiger partial charge in [0, 0.05) is 0 Å². The Morgan fingerprint density at radius 1 is 0.938 bits per heavy atom. The number of rotatable bonds is 1. The fraction of sp³-hybridized carbons (Fsp3) is 0.125. The second-order valence-electron chi connectivity index (χ2n) is 4.35. The second-order valence-corrected chi connectivity index (χ2v) is 4.35. The standard InChI is InChI=1S/C16H14/c1-12-7-8-14-9-10-15(16(14)11-12)13-5-3-2-4-6-13/h2-8,10-11H,9H2,1H3. The molecular formula is C16H14. The third-order valence-electron chi connectivity index (χ3n) is 3.17. The van der Waals surface area contributed by atoms with Gasteiger partial charge in [-0.15, -0.1) is 0 Å². The average molecular weight is 206 g/mol. The van der Waals surface area contributed by atoms with Crippen LogP contribution in [0.4, 0.5) is 0 Å². The predicted molar refractivity (Wildman–Crippen MR) is 68.4 cm³/mol.